The Morgan fingerprint density at radius 1 is 0.591 bits per heavy atom. The molecule has 0 N–H and O–H groups in total. The third-order valence-corrected chi connectivity index (χ3v) is 18.7. The van der Waals surface area contributed by atoms with E-state index in [9.17, 15) is 16.8 Å². The van der Waals surface area contributed by atoms with Crippen LogP contribution in [0, 0.1) is 24.7 Å². The third kappa shape index (κ3) is 8.92. The minimum Gasteiger partial charge on any atom is -0.494 e. The van der Waals surface area contributed by atoms with Crippen LogP contribution in [0.5, 0.6) is 11.5 Å². The minimum absolute atomic E-state index is 0.180. The Hall–Kier alpha value is -5.76. The average molecular weight is 937 g/mol. The predicted octanol–water partition coefficient (Wildman–Crippen LogP) is 6.56. The first-order valence-corrected chi connectivity index (χ1v) is 25.8. The highest BCUT2D eigenvalue weighted by Crippen LogP contribution is 2.74. The highest BCUT2D eigenvalue weighted by atomic mass is 32.2. The van der Waals surface area contributed by atoms with Crippen LogP contribution < -0.4 is 9.47 Å². The van der Waals surface area contributed by atoms with E-state index in [1.165, 1.54) is 39.9 Å². The molecule has 10 rings (SSSR count). The van der Waals surface area contributed by atoms with Gasteiger partial charge in [-0.1, -0.05) is 26.0 Å². The highest BCUT2D eigenvalue weighted by Gasteiger charge is 2.65. The van der Waals surface area contributed by atoms with E-state index in [4.69, 9.17) is 9.47 Å². The van der Waals surface area contributed by atoms with Crippen LogP contribution in [0.15, 0.2) is 61.2 Å². The second kappa shape index (κ2) is 17.2. The van der Waals surface area contributed by atoms with Crippen molar-refractivity contribution < 1.29 is 26.3 Å². The van der Waals surface area contributed by atoms with Crippen molar-refractivity contribution in [2.24, 2.45) is 10.8 Å². The number of nitrogens with zero attached hydrogens (tertiary/aromatic N) is 12. The van der Waals surface area contributed by atoms with Gasteiger partial charge in [0, 0.05) is 35.3 Å². The van der Waals surface area contributed by atoms with E-state index in [0.29, 0.717) is 57.3 Å². The van der Waals surface area contributed by atoms with Gasteiger partial charge >= 0.3 is 0 Å². The Balaban J connectivity index is 0.000000166. The number of methoxy groups -OCH3 is 2. The van der Waals surface area contributed by atoms with Gasteiger partial charge in [-0.05, 0) is 101 Å². The number of pyridine rings is 2. The number of aryl methyl sites for hydroxylation is 2. The van der Waals surface area contributed by atoms with Gasteiger partial charge in [-0.2, -0.15) is 0 Å². The molecule has 0 amide bonds. The van der Waals surface area contributed by atoms with E-state index in [1.54, 1.807) is 38.6 Å². The molecule has 6 atom stereocenters. The maximum absolute atomic E-state index is 13.4. The Kier molecular flexibility index (Phi) is 11.8. The monoisotopic (exact) mass is 936 g/mol. The molecule has 2 spiro atoms. The molecule has 4 aliphatic rings. The van der Waals surface area contributed by atoms with Gasteiger partial charge in [-0.15, -0.1) is 20.4 Å². The number of sulfone groups is 2. The third-order valence-electron chi connectivity index (χ3n) is 14.3. The molecule has 0 saturated heterocycles. The molecular formula is C46H56N12O6S2. The van der Waals surface area contributed by atoms with Crippen molar-refractivity contribution in [3.63, 3.8) is 0 Å². The molecule has 4 saturated carbocycles. The molecule has 18 nitrogen and oxygen atoms in total. The number of hydrogen-bond donors (Lipinski definition) is 0. The van der Waals surface area contributed by atoms with Gasteiger partial charge in [0.15, 0.2) is 42.8 Å². The predicted molar refractivity (Wildman–Crippen MR) is 245 cm³/mol. The summed E-state index contributed by atoms with van der Waals surface area (Å²) in [5, 5.41) is 16.1. The lowest BCUT2D eigenvalue weighted by atomic mass is 10.1. The van der Waals surface area contributed by atoms with Crippen LogP contribution in [0.1, 0.15) is 125 Å². The molecule has 4 fully saturated rings. The van der Waals surface area contributed by atoms with Gasteiger partial charge in [0.25, 0.3) is 0 Å². The van der Waals surface area contributed by atoms with Gasteiger partial charge < -0.3 is 18.6 Å². The lowest BCUT2D eigenvalue weighted by Gasteiger charge is -2.19. The molecule has 6 heterocycles. The van der Waals surface area contributed by atoms with Crippen molar-refractivity contribution in [3.8, 4) is 34.5 Å². The fourth-order valence-electron chi connectivity index (χ4n) is 8.96. The zero-order valence-electron chi connectivity index (χ0n) is 38.5. The van der Waals surface area contributed by atoms with Gasteiger partial charge in [0.1, 0.15) is 46.2 Å². The molecule has 2 unspecified atom stereocenters. The molecule has 0 bridgehead atoms. The molecule has 6 aromatic rings. The fourth-order valence-corrected chi connectivity index (χ4v) is 12.1. The largest absolute Gasteiger partial charge is 0.494 e. The Morgan fingerprint density at radius 3 is 1.26 bits per heavy atom. The second-order valence-electron chi connectivity index (χ2n) is 18.7. The van der Waals surface area contributed by atoms with E-state index in [2.05, 4.69) is 50.3 Å². The lowest BCUT2D eigenvalue weighted by molar-refractivity contribution is 0.409. The van der Waals surface area contributed by atoms with Crippen LogP contribution in [-0.2, 0) is 31.2 Å². The molecule has 66 heavy (non-hydrogen) atoms. The van der Waals surface area contributed by atoms with Crippen LogP contribution in [-0.4, -0.2) is 101 Å². The smallest absolute Gasteiger partial charge is 0.182 e. The first-order valence-electron chi connectivity index (χ1n) is 22.4. The van der Waals surface area contributed by atoms with Gasteiger partial charge in [-0.25, -0.2) is 46.7 Å². The summed E-state index contributed by atoms with van der Waals surface area (Å²) in [6.45, 7) is 10.9. The van der Waals surface area contributed by atoms with Crippen molar-refractivity contribution >= 4 is 19.7 Å². The van der Waals surface area contributed by atoms with Gasteiger partial charge in [0.2, 0.25) is 0 Å². The van der Waals surface area contributed by atoms with Crippen molar-refractivity contribution in [3.05, 3.63) is 95.9 Å². The normalized spacial score (nSPS) is 20.4. The topological polar surface area (TPSA) is 225 Å². The van der Waals surface area contributed by atoms with Crippen LogP contribution >= 0.6 is 0 Å². The Morgan fingerprint density at radius 2 is 0.955 bits per heavy atom. The summed E-state index contributed by atoms with van der Waals surface area (Å²) >= 11 is 0. The van der Waals surface area contributed by atoms with Crippen LogP contribution in [0.25, 0.3) is 23.0 Å². The first kappa shape index (κ1) is 45.4. The summed E-state index contributed by atoms with van der Waals surface area (Å²) in [4.78, 5) is 26.4. The SMILES string of the molecule is COc1cnc([C@@H](C)[C@H](C)S(=O)(=O)Cc2nnc(-c3cccc(C)n3)n2C2CC23CC3)nc1.COc1cnc([C@@H](C)[C@H](C)S(=O)(=O)Cc2nnc(-c3cccc(C)n3)n2C2CC23CC3)nc1. The second-order valence-corrected chi connectivity index (χ2v) is 23.4. The summed E-state index contributed by atoms with van der Waals surface area (Å²) < 4.78 is 68.0. The number of ether oxygens (including phenoxy) is 2. The number of rotatable bonds is 16. The molecular weight excluding hydrogens is 881 g/mol. The van der Waals surface area contributed by atoms with Crippen molar-refractivity contribution in [2.75, 3.05) is 14.2 Å². The first-order chi connectivity index (χ1) is 31.5. The molecule has 0 aliphatic heterocycles. The van der Waals surface area contributed by atoms with E-state index < -0.39 is 30.2 Å². The maximum Gasteiger partial charge on any atom is 0.182 e. The van der Waals surface area contributed by atoms with Crippen molar-refractivity contribution in [1.82, 2.24) is 59.4 Å². The number of aromatic nitrogens is 12. The zero-order chi connectivity index (χ0) is 46.8. The summed E-state index contributed by atoms with van der Waals surface area (Å²) in [6.07, 6.45) is 13.0. The van der Waals surface area contributed by atoms with E-state index in [-0.39, 0.29) is 35.4 Å². The summed E-state index contributed by atoms with van der Waals surface area (Å²) in [7, 11) is -4.03. The molecule has 20 heteroatoms. The molecule has 6 aromatic heterocycles. The summed E-state index contributed by atoms with van der Waals surface area (Å²) in [5.74, 6) is 3.14. The molecule has 0 radical (unpaired) electrons. The summed E-state index contributed by atoms with van der Waals surface area (Å²) in [6, 6.07) is 12.0. The van der Waals surface area contributed by atoms with Crippen LogP contribution in [0.4, 0.5) is 0 Å². The molecule has 348 valence electrons. The van der Waals surface area contributed by atoms with Gasteiger partial charge in [-0.3, -0.25) is 0 Å². The van der Waals surface area contributed by atoms with Crippen LogP contribution in [0.3, 0.4) is 0 Å². The van der Waals surface area contributed by atoms with Crippen LogP contribution in [0.2, 0.25) is 0 Å². The molecule has 4 aliphatic carbocycles. The lowest BCUT2D eigenvalue weighted by Crippen LogP contribution is -2.27. The maximum atomic E-state index is 13.4. The number of hydrogen-bond acceptors (Lipinski definition) is 16. The standard InChI is InChI=1S/2C23H28N6O3S/c2*1-14-6-5-7-18(26-14)22-28-27-20(29(22)19-10-23(19)8-9-23)13-33(30,31)16(3)15(2)21-24-11-17(32-4)12-25-21/h2*5-7,11-12,15-16,19H,8-10,13H2,1-4H3/t2*15-,16-,19?/m00/s1. The van der Waals surface area contributed by atoms with Crippen molar-refractivity contribution in [2.45, 2.75) is 126 Å². The van der Waals surface area contributed by atoms with E-state index in [0.717, 1.165) is 35.6 Å². The molecule has 0 aromatic carbocycles. The van der Waals surface area contributed by atoms with E-state index in [1.807, 2.05) is 73.2 Å². The Bertz CT molecular complexity index is 2770. The van der Waals surface area contributed by atoms with Crippen molar-refractivity contribution in [1.29, 1.82) is 0 Å². The van der Waals surface area contributed by atoms with E-state index >= 15 is 0 Å². The average Bonchev–Trinajstić information content (AvgIpc) is 4.28. The highest BCUT2D eigenvalue weighted by molar-refractivity contribution is 7.91. The quantitative estimate of drug-likeness (QED) is 0.100. The van der Waals surface area contributed by atoms with Gasteiger partial charge in [0.05, 0.1) is 49.5 Å². The summed E-state index contributed by atoms with van der Waals surface area (Å²) in [5.41, 5.74) is 3.82. The Labute approximate surface area is 385 Å². The zero-order valence-corrected chi connectivity index (χ0v) is 40.2. The fraction of sp³-hybridized carbons (Fsp3) is 0.522. The minimum atomic E-state index is -3.55.